The number of nitrogens with one attached hydrogen (secondary N) is 1. The fourth-order valence-corrected chi connectivity index (χ4v) is 4.26. The van der Waals surface area contributed by atoms with Crippen LogP contribution in [0.4, 0.5) is 10.1 Å². The van der Waals surface area contributed by atoms with Gasteiger partial charge in [-0.25, -0.2) is 4.39 Å². The van der Waals surface area contributed by atoms with Crippen LogP contribution in [0.2, 0.25) is 0 Å². The zero-order valence-electron chi connectivity index (χ0n) is 15.5. The molecule has 0 spiro atoms. The van der Waals surface area contributed by atoms with E-state index in [1.165, 1.54) is 12.8 Å². The molecule has 3 N–H and O–H groups in total. The molecule has 2 aliphatic heterocycles. The van der Waals surface area contributed by atoms with Crippen molar-refractivity contribution < 1.29 is 9.18 Å². The van der Waals surface area contributed by atoms with Crippen LogP contribution in [-0.4, -0.2) is 35.3 Å². The predicted molar refractivity (Wildman–Crippen MR) is 102 cm³/mol. The van der Waals surface area contributed by atoms with Crippen LogP contribution in [0.5, 0.6) is 0 Å². The Morgan fingerprint density at radius 3 is 2.93 bits per heavy atom. The first-order chi connectivity index (χ1) is 13.1. The van der Waals surface area contributed by atoms with Crippen LogP contribution >= 0.6 is 0 Å². The third-order valence-corrected chi connectivity index (χ3v) is 5.71. The molecule has 6 nitrogen and oxygen atoms in total. The average molecular weight is 371 g/mol. The molecule has 7 heteroatoms. The number of carbonyl (C=O) groups is 1. The average Bonchev–Trinajstić information content (AvgIpc) is 3.32. The van der Waals surface area contributed by atoms with Gasteiger partial charge in [-0.2, -0.15) is 5.10 Å². The third kappa shape index (κ3) is 3.69. The highest BCUT2D eigenvalue weighted by atomic mass is 19.1. The van der Waals surface area contributed by atoms with Gasteiger partial charge in [-0.15, -0.1) is 0 Å². The van der Waals surface area contributed by atoms with Crippen molar-refractivity contribution in [2.24, 2.45) is 11.7 Å². The molecule has 1 fully saturated rings. The number of fused-ring (bicyclic) bond motifs is 1. The van der Waals surface area contributed by atoms with Crippen LogP contribution in [-0.2, 0) is 19.5 Å². The number of anilines is 1. The first kappa shape index (κ1) is 18.0. The molecule has 0 saturated carbocycles. The standard InChI is InChI=1S/C20H26FN5O/c21-17-4-3-5-18(25-8-1-2-9-25)15(17)11-23-10-14-6-7-19-16(20(22)27)12-24-26(19)13-14/h3-5,12,14,23H,1-2,6-11,13H2,(H2,22,27)/t14-/m1/s1. The molecule has 2 aliphatic rings. The normalized spacial score (nSPS) is 19.3. The molecule has 0 radical (unpaired) electrons. The first-order valence-electron chi connectivity index (χ1n) is 9.71. The summed E-state index contributed by atoms with van der Waals surface area (Å²) >= 11 is 0. The summed E-state index contributed by atoms with van der Waals surface area (Å²) in [6.45, 7) is 4.07. The van der Waals surface area contributed by atoms with Gasteiger partial charge in [0.05, 0.1) is 17.5 Å². The van der Waals surface area contributed by atoms with E-state index in [9.17, 15) is 9.18 Å². The lowest BCUT2D eigenvalue weighted by Gasteiger charge is -2.25. The maximum Gasteiger partial charge on any atom is 0.252 e. The van der Waals surface area contributed by atoms with Crippen molar-refractivity contribution in [3.05, 3.63) is 47.0 Å². The highest BCUT2D eigenvalue weighted by Gasteiger charge is 2.24. The van der Waals surface area contributed by atoms with E-state index in [4.69, 9.17) is 5.73 Å². The summed E-state index contributed by atoms with van der Waals surface area (Å²) in [4.78, 5) is 13.7. The zero-order chi connectivity index (χ0) is 18.8. The lowest BCUT2D eigenvalue weighted by atomic mass is 9.96. The van der Waals surface area contributed by atoms with Crippen molar-refractivity contribution in [3.63, 3.8) is 0 Å². The number of nitrogens with zero attached hydrogens (tertiary/aromatic N) is 3. The molecule has 27 heavy (non-hydrogen) atoms. The highest BCUT2D eigenvalue weighted by molar-refractivity contribution is 5.93. The number of hydrogen-bond acceptors (Lipinski definition) is 4. The minimum absolute atomic E-state index is 0.143. The predicted octanol–water partition coefficient (Wildman–Crippen LogP) is 2.07. The van der Waals surface area contributed by atoms with Gasteiger partial charge in [-0.05, 0) is 43.7 Å². The van der Waals surface area contributed by atoms with Crippen molar-refractivity contribution in [1.29, 1.82) is 0 Å². The van der Waals surface area contributed by atoms with Crippen molar-refractivity contribution in [3.8, 4) is 0 Å². The fraction of sp³-hybridized carbons (Fsp3) is 0.500. The van der Waals surface area contributed by atoms with E-state index in [1.54, 1.807) is 18.3 Å². The molecule has 0 aliphatic carbocycles. The minimum atomic E-state index is -0.415. The second-order valence-corrected chi connectivity index (χ2v) is 7.52. The third-order valence-electron chi connectivity index (χ3n) is 5.71. The van der Waals surface area contributed by atoms with Crippen LogP contribution in [0.15, 0.2) is 24.4 Å². The van der Waals surface area contributed by atoms with Crippen LogP contribution in [0.1, 0.15) is 40.9 Å². The molecular weight excluding hydrogens is 345 g/mol. The number of hydrogen-bond donors (Lipinski definition) is 2. The monoisotopic (exact) mass is 371 g/mol. The Morgan fingerprint density at radius 1 is 1.33 bits per heavy atom. The van der Waals surface area contributed by atoms with Crippen molar-refractivity contribution in [1.82, 2.24) is 15.1 Å². The number of primary amides is 1. The molecule has 1 saturated heterocycles. The van der Waals surface area contributed by atoms with Crippen LogP contribution in [0, 0.1) is 11.7 Å². The van der Waals surface area contributed by atoms with Crippen LogP contribution in [0.3, 0.4) is 0 Å². The summed E-state index contributed by atoms with van der Waals surface area (Å²) < 4.78 is 16.3. The second-order valence-electron chi connectivity index (χ2n) is 7.52. The van der Waals surface area contributed by atoms with Gasteiger partial charge in [-0.3, -0.25) is 9.48 Å². The Labute approximate surface area is 158 Å². The van der Waals surface area contributed by atoms with E-state index in [1.807, 2.05) is 10.7 Å². The Morgan fingerprint density at radius 2 is 2.15 bits per heavy atom. The summed E-state index contributed by atoms with van der Waals surface area (Å²) in [5, 5.41) is 7.73. The number of nitrogens with two attached hydrogens (primary N) is 1. The van der Waals surface area contributed by atoms with Gasteiger partial charge in [0.25, 0.3) is 5.91 Å². The lowest BCUT2D eigenvalue weighted by Crippen LogP contribution is -2.31. The molecule has 1 atom stereocenters. The van der Waals surface area contributed by atoms with Crippen molar-refractivity contribution >= 4 is 11.6 Å². The maximum atomic E-state index is 14.4. The number of benzene rings is 1. The number of carbonyl (C=O) groups excluding carboxylic acids is 1. The topological polar surface area (TPSA) is 76.2 Å². The Hall–Kier alpha value is -2.41. The van der Waals surface area contributed by atoms with E-state index in [-0.39, 0.29) is 5.82 Å². The molecule has 1 aromatic heterocycles. The summed E-state index contributed by atoms with van der Waals surface area (Å²) in [5.74, 6) is -0.155. The summed E-state index contributed by atoms with van der Waals surface area (Å²) in [5.41, 5.74) is 8.64. The van der Waals surface area contributed by atoms with E-state index < -0.39 is 5.91 Å². The van der Waals surface area contributed by atoms with Gasteiger partial charge in [0, 0.05) is 44.0 Å². The smallest absolute Gasteiger partial charge is 0.252 e. The van der Waals surface area contributed by atoms with Gasteiger partial charge >= 0.3 is 0 Å². The summed E-state index contributed by atoms with van der Waals surface area (Å²) in [6.07, 6.45) is 5.67. The van der Waals surface area contributed by atoms with Crippen molar-refractivity contribution in [2.75, 3.05) is 24.5 Å². The minimum Gasteiger partial charge on any atom is -0.371 e. The molecule has 1 aromatic carbocycles. The highest BCUT2D eigenvalue weighted by Crippen LogP contribution is 2.27. The van der Waals surface area contributed by atoms with Gasteiger partial charge in [0.2, 0.25) is 0 Å². The molecule has 144 valence electrons. The van der Waals surface area contributed by atoms with Gasteiger partial charge in [0.1, 0.15) is 5.82 Å². The SMILES string of the molecule is NC(=O)c1cnn2c1CC[C@H](CNCc1c(F)cccc1N1CCCC1)C2. The van der Waals surface area contributed by atoms with Crippen molar-refractivity contribution in [2.45, 2.75) is 38.8 Å². The molecular formula is C20H26FN5O. The molecule has 0 unspecified atom stereocenters. The Kier molecular flexibility index (Phi) is 5.11. The Balaban J connectivity index is 1.37. The second kappa shape index (κ2) is 7.68. The molecule has 1 amide bonds. The Bertz CT molecular complexity index is 828. The molecule has 0 bridgehead atoms. The van der Waals surface area contributed by atoms with E-state index in [0.29, 0.717) is 18.0 Å². The zero-order valence-corrected chi connectivity index (χ0v) is 15.5. The van der Waals surface area contributed by atoms with Crippen LogP contribution in [0.25, 0.3) is 0 Å². The number of halogens is 1. The molecule has 4 rings (SSSR count). The molecule has 3 heterocycles. The number of rotatable bonds is 6. The summed E-state index contributed by atoms with van der Waals surface area (Å²) in [6, 6.07) is 5.36. The van der Waals surface area contributed by atoms with E-state index in [2.05, 4.69) is 15.3 Å². The van der Waals surface area contributed by atoms with Gasteiger partial charge < -0.3 is 16.0 Å². The quantitative estimate of drug-likeness (QED) is 0.815. The maximum absolute atomic E-state index is 14.4. The van der Waals surface area contributed by atoms with Crippen LogP contribution < -0.4 is 16.0 Å². The molecule has 2 aromatic rings. The number of aromatic nitrogens is 2. The first-order valence-corrected chi connectivity index (χ1v) is 9.71. The summed E-state index contributed by atoms with van der Waals surface area (Å²) in [7, 11) is 0. The number of amides is 1. The van der Waals surface area contributed by atoms with E-state index in [0.717, 1.165) is 56.0 Å². The van der Waals surface area contributed by atoms with Gasteiger partial charge in [-0.1, -0.05) is 6.07 Å². The van der Waals surface area contributed by atoms with Gasteiger partial charge in [0.15, 0.2) is 0 Å². The van der Waals surface area contributed by atoms with E-state index >= 15 is 0 Å². The largest absolute Gasteiger partial charge is 0.371 e. The fourth-order valence-electron chi connectivity index (χ4n) is 4.26. The lowest BCUT2D eigenvalue weighted by molar-refractivity contribution is 0.0998.